The Labute approximate surface area is 142 Å². The molecule has 0 aliphatic heterocycles. The summed E-state index contributed by atoms with van der Waals surface area (Å²) in [6, 6.07) is 5.86. The summed E-state index contributed by atoms with van der Waals surface area (Å²) in [5.41, 5.74) is 1.91. The van der Waals surface area contributed by atoms with Crippen LogP contribution in [0.5, 0.6) is 5.75 Å². The zero-order valence-corrected chi connectivity index (χ0v) is 14.8. The van der Waals surface area contributed by atoms with E-state index in [2.05, 4.69) is 12.1 Å². The summed E-state index contributed by atoms with van der Waals surface area (Å²) in [5.74, 6) is 0.622. The van der Waals surface area contributed by atoms with Crippen molar-refractivity contribution >= 4 is 11.7 Å². The van der Waals surface area contributed by atoms with E-state index in [0.717, 1.165) is 36.1 Å². The van der Waals surface area contributed by atoms with E-state index in [1.807, 2.05) is 25.1 Å². The molecule has 1 fully saturated rings. The molecule has 2 aliphatic carbocycles. The van der Waals surface area contributed by atoms with E-state index < -0.39 is 5.41 Å². The van der Waals surface area contributed by atoms with Gasteiger partial charge in [0.15, 0.2) is 0 Å². The molecule has 1 aromatic carbocycles. The van der Waals surface area contributed by atoms with Gasteiger partial charge >= 0.3 is 5.97 Å². The Bertz CT molecular complexity index is 699. The van der Waals surface area contributed by atoms with E-state index in [0.29, 0.717) is 12.1 Å². The van der Waals surface area contributed by atoms with Crippen molar-refractivity contribution in [2.45, 2.75) is 44.9 Å². The summed E-state index contributed by atoms with van der Waals surface area (Å²) in [6.07, 6.45) is 3.31. The third kappa shape index (κ3) is 2.21. The largest absolute Gasteiger partial charge is 0.497 e. The summed E-state index contributed by atoms with van der Waals surface area (Å²) in [4.78, 5) is 12.6. The van der Waals surface area contributed by atoms with Crippen LogP contribution in [0.4, 0.5) is 0 Å². The molecule has 0 heterocycles. The highest BCUT2D eigenvalue weighted by molar-refractivity contribution is 6.04. The van der Waals surface area contributed by atoms with Gasteiger partial charge in [0.1, 0.15) is 5.75 Å². The van der Waals surface area contributed by atoms with Gasteiger partial charge in [0.05, 0.1) is 25.3 Å². The number of nitrogens with zero attached hydrogens (tertiary/aromatic N) is 1. The third-order valence-corrected chi connectivity index (χ3v) is 6.25. The number of esters is 1. The van der Waals surface area contributed by atoms with Crippen LogP contribution in [0.25, 0.3) is 0 Å². The number of ether oxygens (including phenoxy) is 2. The fourth-order valence-electron chi connectivity index (χ4n) is 4.90. The van der Waals surface area contributed by atoms with Crippen LogP contribution in [-0.4, -0.2) is 31.1 Å². The monoisotopic (exact) mass is 331 g/mol. The van der Waals surface area contributed by atoms with Gasteiger partial charge in [-0.05, 0) is 61.3 Å². The number of hydrogen-bond acceptors (Lipinski definition) is 5. The quantitative estimate of drug-likeness (QED) is 0.511. The average molecular weight is 331 g/mol. The van der Waals surface area contributed by atoms with E-state index in [4.69, 9.17) is 9.47 Å². The molecule has 2 aliphatic rings. The summed E-state index contributed by atoms with van der Waals surface area (Å²) < 4.78 is 10.5. The normalized spacial score (nSPS) is 33.5. The highest BCUT2D eigenvalue weighted by atomic mass is 16.5. The van der Waals surface area contributed by atoms with Gasteiger partial charge in [-0.25, -0.2) is 0 Å². The van der Waals surface area contributed by atoms with Crippen LogP contribution in [-0.2, 0) is 14.9 Å². The van der Waals surface area contributed by atoms with E-state index in [9.17, 15) is 10.0 Å². The first-order valence-corrected chi connectivity index (χ1v) is 8.39. The first-order valence-electron chi connectivity index (χ1n) is 8.39. The molecular formula is C19H25NO4. The van der Waals surface area contributed by atoms with Crippen LogP contribution >= 0.6 is 0 Å². The maximum Gasteiger partial charge on any atom is 0.311 e. The third-order valence-electron chi connectivity index (χ3n) is 6.25. The lowest BCUT2D eigenvalue weighted by Crippen LogP contribution is -2.53. The van der Waals surface area contributed by atoms with Crippen LogP contribution in [0, 0.1) is 11.3 Å². The SMILES string of the molecule is COC(=O)[C@]1(C)CCC[C@@]2(C)c3cc(OC)ccc3/C(=N/O)C[C@H]12. The molecule has 0 unspecified atom stereocenters. The molecule has 1 N–H and O–H groups in total. The molecular weight excluding hydrogens is 306 g/mol. The Morgan fingerprint density at radius 3 is 2.67 bits per heavy atom. The molecule has 3 atom stereocenters. The average Bonchev–Trinajstić information content (AvgIpc) is 2.60. The molecule has 0 aromatic heterocycles. The fourth-order valence-corrected chi connectivity index (χ4v) is 4.90. The van der Waals surface area contributed by atoms with Gasteiger partial charge in [-0.1, -0.05) is 18.5 Å². The van der Waals surface area contributed by atoms with Crippen LogP contribution in [0.15, 0.2) is 23.4 Å². The number of oxime groups is 1. The van der Waals surface area contributed by atoms with Crippen molar-refractivity contribution in [2.24, 2.45) is 16.5 Å². The van der Waals surface area contributed by atoms with E-state index in [1.165, 1.54) is 7.11 Å². The predicted octanol–water partition coefficient (Wildman–Crippen LogP) is 3.51. The molecule has 1 saturated carbocycles. The molecule has 24 heavy (non-hydrogen) atoms. The van der Waals surface area contributed by atoms with Crippen molar-refractivity contribution in [1.82, 2.24) is 0 Å². The number of rotatable bonds is 2. The standard InChI is InChI=1S/C19H25NO4/c1-18-8-5-9-19(2,17(21)24-4)16(18)11-15(20-22)13-7-6-12(23-3)10-14(13)18/h6-7,10,16,22H,5,8-9,11H2,1-4H3/b20-15+/t16-,18-,19+/m0/s1. The number of methoxy groups -OCH3 is 2. The predicted molar refractivity (Wildman–Crippen MR) is 90.8 cm³/mol. The van der Waals surface area contributed by atoms with E-state index in [1.54, 1.807) is 7.11 Å². The number of hydrogen-bond donors (Lipinski definition) is 1. The van der Waals surface area contributed by atoms with Gasteiger partial charge in [0.2, 0.25) is 0 Å². The fraction of sp³-hybridized carbons (Fsp3) is 0.579. The second kappa shape index (κ2) is 5.80. The van der Waals surface area contributed by atoms with Gasteiger partial charge in [0, 0.05) is 5.56 Å². The van der Waals surface area contributed by atoms with Crippen LogP contribution in [0.1, 0.15) is 50.7 Å². The highest BCUT2D eigenvalue weighted by Crippen LogP contribution is 2.58. The number of carbonyl (C=O) groups excluding carboxylic acids is 1. The van der Waals surface area contributed by atoms with E-state index >= 15 is 0 Å². The summed E-state index contributed by atoms with van der Waals surface area (Å²) >= 11 is 0. The van der Waals surface area contributed by atoms with Gasteiger partial charge < -0.3 is 14.7 Å². The number of benzene rings is 1. The molecule has 0 amide bonds. The van der Waals surface area contributed by atoms with Gasteiger partial charge in [-0.3, -0.25) is 4.79 Å². The van der Waals surface area contributed by atoms with Crippen LogP contribution in [0.3, 0.4) is 0 Å². The van der Waals surface area contributed by atoms with Gasteiger partial charge in [-0.2, -0.15) is 0 Å². The number of carbonyl (C=O) groups is 1. The first-order chi connectivity index (χ1) is 11.4. The summed E-state index contributed by atoms with van der Waals surface area (Å²) in [7, 11) is 3.09. The topological polar surface area (TPSA) is 68.1 Å². The molecule has 1 aromatic rings. The van der Waals surface area contributed by atoms with Gasteiger partial charge in [-0.15, -0.1) is 0 Å². The Kier molecular flexibility index (Phi) is 4.06. The van der Waals surface area contributed by atoms with Crippen molar-refractivity contribution < 1.29 is 19.5 Å². The van der Waals surface area contributed by atoms with Crippen LogP contribution in [0.2, 0.25) is 0 Å². The lowest BCUT2D eigenvalue weighted by molar-refractivity contribution is -0.160. The zero-order valence-electron chi connectivity index (χ0n) is 14.8. The first kappa shape index (κ1) is 16.8. The lowest BCUT2D eigenvalue weighted by atomic mass is 9.49. The summed E-state index contributed by atoms with van der Waals surface area (Å²) in [5, 5.41) is 13.1. The molecule has 3 rings (SSSR count). The lowest BCUT2D eigenvalue weighted by Gasteiger charge is -2.53. The molecule has 0 bridgehead atoms. The molecule has 5 nitrogen and oxygen atoms in total. The zero-order chi connectivity index (χ0) is 17.5. The Balaban J connectivity index is 2.20. The van der Waals surface area contributed by atoms with Crippen molar-refractivity contribution in [2.75, 3.05) is 14.2 Å². The number of fused-ring (bicyclic) bond motifs is 3. The van der Waals surface area contributed by atoms with Crippen molar-refractivity contribution in [3.05, 3.63) is 29.3 Å². The molecule has 5 heteroatoms. The molecule has 0 spiro atoms. The van der Waals surface area contributed by atoms with Crippen molar-refractivity contribution in [1.29, 1.82) is 0 Å². The maximum atomic E-state index is 12.6. The van der Waals surface area contributed by atoms with E-state index in [-0.39, 0.29) is 17.3 Å². The second-order valence-electron chi connectivity index (χ2n) is 7.39. The van der Waals surface area contributed by atoms with Crippen molar-refractivity contribution in [3.63, 3.8) is 0 Å². The molecule has 130 valence electrons. The minimum absolute atomic E-state index is 0.0247. The van der Waals surface area contributed by atoms with Crippen molar-refractivity contribution in [3.8, 4) is 5.75 Å². The highest BCUT2D eigenvalue weighted by Gasteiger charge is 2.57. The Hall–Kier alpha value is -2.04. The Morgan fingerprint density at radius 2 is 2.04 bits per heavy atom. The van der Waals surface area contributed by atoms with Crippen LogP contribution < -0.4 is 4.74 Å². The second-order valence-corrected chi connectivity index (χ2v) is 7.39. The summed E-state index contributed by atoms with van der Waals surface area (Å²) in [6.45, 7) is 4.20. The molecule has 0 saturated heterocycles. The Morgan fingerprint density at radius 1 is 1.29 bits per heavy atom. The minimum Gasteiger partial charge on any atom is -0.497 e. The smallest absolute Gasteiger partial charge is 0.311 e. The minimum atomic E-state index is -0.585. The molecule has 0 radical (unpaired) electrons. The maximum absolute atomic E-state index is 12.6. The van der Waals surface area contributed by atoms with Gasteiger partial charge in [0.25, 0.3) is 0 Å².